The van der Waals surface area contributed by atoms with E-state index in [0.717, 1.165) is 10.6 Å². The van der Waals surface area contributed by atoms with Crippen molar-refractivity contribution in [3.8, 4) is 0 Å². The van der Waals surface area contributed by atoms with Gasteiger partial charge in [-0.15, -0.1) is 17.9 Å². The molecule has 0 aliphatic rings. The molecule has 2 aromatic rings. The third kappa shape index (κ3) is 3.83. The van der Waals surface area contributed by atoms with Crippen LogP contribution in [0.3, 0.4) is 0 Å². The van der Waals surface area contributed by atoms with Crippen molar-refractivity contribution in [2.75, 3.05) is 6.54 Å². The molecule has 0 atom stereocenters. The van der Waals surface area contributed by atoms with E-state index in [1.807, 2.05) is 6.07 Å². The lowest BCUT2D eigenvalue weighted by Crippen LogP contribution is -2.33. The van der Waals surface area contributed by atoms with E-state index in [1.165, 1.54) is 23.6 Å². The molecule has 2 rings (SSSR count). The first-order valence-corrected chi connectivity index (χ1v) is 7.54. The molecule has 0 aromatic carbocycles. The Hall–Kier alpha value is -1.85. The molecule has 6 heteroatoms. The summed E-state index contributed by atoms with van der Waals surface area (Å²) in [5, 5.41) is 0. The standard InChI is InChI=1S/C15H15ClN2O2S/c1-3-6-18(9-11-4-5-14(16)21-11)15(20)12-8-17-10(2)7-13(12)19/h3-5,7-8H,1,6,9H2,2H3,(H,17,19). The Morgan fingerprint density at radius 2 is 2.29 bits per heavy atom. The van der Waals surface area contributed by atoms with Crippen LogP contribution in [0.2, 0.25) is 4.34 Å². The van der Waals surface area contributed by atoms with Crippen LogP contribution in [0.1, 0.15) is 20.9 Å². The van der Waals surface area contributed by atoms with E-state index in [4.69, 9.17) is 11.6 Å². The highest BCUT2D eigenvalue weighted by Crippen LogP contribution is 2.23. The number of amides is 1. The predicted octanol–water partition coefficient (Wildman–Crippen LogP) is 3.23. The maximum absolute atomic E-state index is 12.5. The molecular formula is C15H15ClN2O2S. The van der Waals surface area contributed by atoms with Gasteiger partial charge < -0.3 is 9.88 Å². The van der Waals surface area contributed by atoms with Gasteiger partial charge in [-0.25, -0.2) is 0 Å². The molecule has 0 radical (unpaired) electrons. The summed E-state index contributed by atoms with van der Waals surface area (Å²) < 4.78 is 0.671. The van der Waals surface area contributed by atoms with E-state index >= 15 is 0 Å². The molecule has 0 saturated carbocycles. The zero-order valence-electron chi connectivity index (χ0n) is 11.6. The van der Waals surface area contributed by atoms with Gasteiger partial charge >= 0.3 is 0 Å². The van der Waals surface area contributed by atoms with Crippen LogP contribution in [0.5, 0.6) is 0 Å². The molecule has 110 valence electrons. The number of hydrogen-bond acceptors (Lipinski definition) is 3. The Bertz CT molecular complexity index is 720. The summed E-state index contributed by atoms with van der Waals surface area (Å²) in [6.45, 7) is 6.19. The first-order valence-electron chi connectivity index (χ1n) is 6.35. The summed E-state index contributed by atoms with van der Waals surface area (Å²) in [4.78, 5) is 29.9. The number of pyridine rings is 1. The number of rotatable bonds is 5. The normalized spacial score (nSPS) is 10.4. The summed E-state index contributed by atoms with van der Waals surface area (Å²) in [6, 6.07) is 5.08. The van der Waals surface area contributed by atoms with Gasteiger partial charge in [0.15, 0.2) is 5.43 Å². The molecule has 0 bridgehead atoms. The molecular weight excluding hydrogens is 308 g/mol. The van der Waals surface area contributed by atoms with Gasteiger partial charge in [0.1, 0.15) is 5.56 Å². The molecule has 0 spiro atoms. The molecule has 2 aromatic heterocycles. The quantitative estimate of drug-likeness (QED) is 0.859. The molecule has 0 saturated heterocycles. The second kappa shape index (κ2) is 6.74. The molecule has 0 aliphatic carbocycles. The number of nitrogens with one attached hydrogen (secondary N) is 1. The van der Waals surface area contributed by atoms with Crippen LogP contribution in [0.4, 0.5) is 0 Å². The summed E-state index contributed by atoms with van der Waals surface area (Å²) in [6.07, 6.45) is 3.09. The SMILES string of the molecule is C=CCN(Cc1ccc(Cl)s1)C(=O)c1c[nH]c(C)cc1=O. The molecule has 1 amide bonds. The number of hydrogen-bond donors (Lipinski definition) is 1. The van der Waals surface area contributed by atoms with Gasteiger partial charge in [0, 0.05) is 29.4 Å². The number of thiophene rings is 1. The van der Waals surface area contributed by atoms with Gasteiger partial charge in [0.25, 0.3) is 5.91 Å². The van der Waals surface area contributed by atoms with Crippen LogP contribution < -0.4 is 5.43 Å². The van der Waals surface area contributed by atoms with E-state index in [0.29, 0.717) is 17.4 Å². The van der Waals surface area contributed by atoms with Crippen molar-refractivity contribution < 1.29 is 4.79 Å². The smallest absolute Gasteiger partial charge is 0.259 e. The molecule has 1 N–H and O–H groups in total. The number of halogens is 1. The number of aromatic amines is 1. The highest BCUT2D eigenvalue weighted by molar-refractivity contribution is 7.16. The zero-order chi connectivity index (χ0) is 15.4. The first kappa shape index (κ1) is 15.5. The molecule has 0 aliphatic heterocycles. The average molecular weight is 323 g/mol. The van der Waals surface area contributed by atoms with Gasteiger partial charge in [0.2, 0.25) is 0 Å². The summed E-state index contributed by atoms with van der Waals surface area (Å²) >= 11 is 7.31. The van der Waals surface area contributed by atoms with Crippen LogP contribution in [0, 0.1) is 6.92 Å². The van der Waals surface area contributed by atoms with Crippen LogP contribution in [-0.4, -0.2) is 22.3 Å². The Labute approximate surface area is 131 Å². The Kier molecular flexibility index (Phi) is 4.98. The van der Waals surface area contributed by atoms with Crippen LogP contribution in [0.15, 0.2) is 41.8 Å². The molecule has 2 heterocycles. The maximum Gasteiger partial charge on any atom is 0.259 e. The predicted molar refractivity (Wildman–Crippen MR) is 86.1 cm³/mol. The molecule has 0 unspecified atom stereocenters. The summed E-state index contributed by atoms with van der Waals surface area (Å²) in [7, 11) is 0. The topological polar surface area (TPSA) is 53.2 Å². The van der Waals surface area contributed by atoms with E-state index < -0.39 is 0 Å². The number of H-pyrrole nitrogens is 1. The van der Waals surface area contributed by atoms with E-state index in [2.05, 4.69) is 11.6 Å². The van der Waals surface area contributed by atoms with Gasteiger partial charge in [0.05, 0.1) is 10.9 Å². The fourth-order valence-corrected chi connectivity index (χ4v) is 3.01. The third-order valence-corrected chi connectivity index (χ3v) is 4.12. The van der Waals surface area contributed by atoms with E-state index in [1.54, 1.807) is 24.0 Å². The fraction of sp³-hybridized carbons (Fsp3) is 0.200. The van der Waals surface area contributed by atoms with Crippen molar-refractivity contribution >= 4 is 28.8 Å². The zero-order valence-corrected chi connectivity index (χ0v) is 13.1. The first-order chi connectivity index (χ1) is 10.0. The van der Waals surface area contributed by atoms with Gasteiger partial charge in [-0.1, -0.05) is 17.7 Å². The summed E-state index contributed by atoms with van der Waals surface area (Å²) in [5.41, 5.74) is 0.566. The fourth-order valence-electron chi connectivity index (χ4n) is 1.91. The second-order valence-electron chi connectivity index (χ2n) is 4.57. The van der Waals surface area contributed by atoms with E-state index in [9.17, 15) is 9.59 Å². The second-order valence-corrected chi connectivity index (χ2v) is 6.37. The lowest BCUT2D eigenvalue weighted by Gasteiger charge is -2.20. The van der Waals surface area contributed by atoms with Crippen LogP contribution in [0.25, 0.3) is 0 Å². The number of nitrogens with zero attached hydrogens (tertiary/aromatic N) is 1. The Balaban J connectivity index is 2.26. The third-order valence-electron chi connectivity index (χ3n) is 2.90. The van der Waals surface area contributed by atoms with Crippen molar-refractivity contribution in [3.63, 3.8) is 0 Å². The number of aromatic nitrogens is 1. The maximum atomic E-state index is 12.5. The minimum atomic E-state index is -0.319. The average Bonchev–Trinajstić information content (AvgIpc) is 2.83. The van der Waals surface area contributed by atoms with Gasteiger partial charge in [-0.3, -0.25) is 9.59 Å². The highest BCUT2D eigenvalue weighted by atomic mass is 35.5. The number of carbonyl (C=O) groups is 1. The Morgan fingerprint density at radius 3 is 2.86 bits per heavy atom. The summed E-state index contributed by atoms with van der Waals surface area (Å²) in [5.74, 6) is -0.319. The lowest BCUT2D eigenvalue weighted by atomic mass is 10.2. The Morgan fingerprint density at radius 1 is 1.52 bits per heavy atom. The molecule has 21 heavy (non-hydrogen) atoms. The lowest BCUT2D eigenvalue weighted by molar-refractivity contribution is 0.0762. The highest BCUT2D eigenvalue weighted by Gasteiger charge is 2.18. The van der Waals surface area contributed by atoms with Crippen molar-refractivity contribution in [2.24, 2.45) is 0 Å². The van der Waals surface area contributed by atoms with Gasteiger partial charge in [-0.05, 0) is 19.1 Å². The van der Waals surface area contributed by atoms with Crippen molar-refractivity contribution in [1.29, 1.82) is 0 Å². The van der Waals surface area contributed by atoms with Crippen molar-refractivity contribution in [1.82, 2.24) is 9.88 Å². The largest absolute Gasteiger partial charge is 0.364 e. The van der Waals surface area contributed by atoms with Gasteiger partial charge in [-0.2, -0.15) is 0 Å². The van der Waals surface area contributed by atoms with Crippen LogP contribution >= 0.6 is 22.9 Å². The molecule has 0 fully saturated rings. The van der Waals surface area contributed by atoms with Crippen molar-refractivity contribution in [3.05, 3.63) is 67.7 Å². The monoisotopic (exact) mass is 322 g/mol. The van der Waals surface area contributed by atoms with Crippen molar-refractivity contribution in [2.45, 2.75) is 13.5 Å². The minimum Gasteiger partial charge on any atom is -0.364 e. The van der Waals surface area contributed by atoms with E-state index in [-0.39, 0.29) is 16.9 Å². The number of carbonyl (C=O) groups excluding carboxylic acids is 1. The molecule has 4 nitrogen and oxygen atoms in total. The number of aryl methyl sites for hydroxylation is 1. The van der Waals surface area contributed by atoms with Crippen LogP contribution in [-0.2, 0) is 6.54 Å². The minimum absolute atomic E-state index is 0.130.